The zero-order valence-corrected chi connectivity index (χ0v) is 12.0. The Labute approximate surface area is 123 Å². The first-order valence-electron chi connectivity index (χ1n) is 7.06. The summed E-state index contributed by atoms with van der Waals surface area (Å²) in [5.41, 5.74) is 2.33. The highest BCUT2D eigenvalue weighted by atomic mass is 16.4. The molecule has 0 amide bonds. The molecule has 0 radical (unpaired) electrons. The molecule has 108 valence electrons. The van der Waals surface area contributed by atoms with Crippen molar-refractivity contribution >= 4 is 0 Å². The van der Waals surface area contributed by atoms with Crippen molar-refractivity contribution in [3.05, 3.63) is 66.4 Å². The maximum Gasteiger partial charge on any atom is 0.208 e. The third-order valence-electron chi connectivity index (χ3n) is 3.29. The van der Waals surface area contributed by atoms with Crippen molar-refractivity contribution in [2.24, 2.45) is 0 Å². The molecule has 0 spiro atoms. The Morgan fingerprint density at radius 2 is 2.05 bits per heavy atom. The van der Waals surface area contributed by atoms with E-state index in [0.717, 1.165) is 30.3 Å². The molecule has 3 rings (SSSR count). The predicted octanol–water partition coefficient (Wildman–Crippen LogP) is 2.71. The molecule has 21 heavy (non-hydrogen) atoms. The maximum atomic E-state index is 5.55. The van der Waals surface area contributed by atoms with Crippen LogP contribution >= 0.6 is 0 Å². The summed E-state index contributed by atoms with van der Waals surface area (Å²) in [6.45, 7) is 3.48. The first kappa shape index (κ1) is 13.6. The van der Waals surface area contributed by atoms with E-state index in [0.29, 0.717) is 6.54 Å². The van der Waals surface area contributed by atoms with Gasteiger partial charge in [-0.05, 0) is 17.7 Å². The van der Waals surface area contributed by atoms with Gasteiger partial charge in [0.15, 0.2) is 0 Å². The number of nitrogens with zero attached hydrogens (tertiary/aromatic N) is 3. The van der Waals surface area contributed by atoms with Gasteiger partial charge in [0.1, 0.15) is 5.76 Å². The molecule has 1 N–H and O–H groups in total. The van der Waals surface area contributed by atoms with E-state index in [1.165, 1.54) is 5.56 Å². The van der Waals surface area contributed by atoms with Crippen LogP contribution in [0.25, 0.3) is 5.69 Å². The summed E-state index contributed by atoms with van der Waals surface area (Å²) in [7, 11) is 0. The van der Waals surface area contributed by atoms with Crippen LogP contribution in [-0.4, -0.2) is 14.5 Å². The minimum atomic E-state index is 0.642. The molecule has 0 aliphatic rings. The molecular formula is C16H18N4O. The predicted molar refractivity (Wildman–Crippen MR) is 80.0 cm³/mol. The molecule has 0 fully saturated rings. The number of imidazole rings is 1. The zero-order valence-electron chi connectivity index (χ0n) is 12.0. The van der Waals surface area contributed by atoms with Gasteiger partial charge in [-0.15, -0.1) is 0 Å². The number of hydrogen-bond donors (Lipinski definition) is 1. The van der Waals surface area contributed by atoms with E-state index in [2.05, 4.69) is 46.5 Å². The minimum Gasteiger partial charge on any atom is -0.444 e. The van der Waals surface area contributed by atoms with Gasteiger partial charge in [0.05, 0.1) is 19.1 Å². The second-order valence-electron chi connectivity index (χ2n) is 4.81. The molecule has 2 heterocycles. The highest BCUT2D eigenvalue weighted by Gasteiger charge is 2.02. The van der Waals surface area contributed by atoms with Crippen LogP contribution in [0.1, 0.15) is 24.1 Å². The first-order valence-corrected chi connectivity index (χ1v) is 7.06. The summed E-state index contributed by atoms with van der Waals surface area (Å²) in [4.78, 5) is 8.27. The van der Waals surface area contributed by atoms with Crippen molar-refractivity contribution in [3.8, 4) is 5.69 Å². The molecule has 0 atom stereocenters. The summed E-state index contributed by atoms with van der Waals surface area (Å²) in [6, 6.07) is 8.38. The van der Waals surface area contributed by atoms with Gasteiger partial charge >= 0.3 is 0 Å². The molecule has 0 aliphatic carbocycles. The fourth-order valence-electron chi connectivity index (χ4n) is 2.10. The number of hydrogen-bond acceptors (Lipinski definition) is 4. The molecule has 0 aliphatic heterocycles. The number of aromatic nitrogens is 3. The average Bonchev–Trinajstić information content (AvgIpc) is 3.19. The minimum absolute atomic E-state index is 0.642. The SMILES string of the molecule is CCc1cnc(CNCc2ccc(-n3ccnc3)cc2)o1. The summed E-state index contributed by atoms with van der Waals surface area (Å²) in [5, 5.41) is 3.33. The van der Waals surface area contributed by atoms with Crippen LogP contribution in [0.5, 0.6) is 0 Å². The molecule has 2 aromatic heterocycles. The van der Waals surface area contributed by atoms with Gasteiger partial charge in [-0.1, -0.05) is 19.1 Å². The summed E-state index contributed by atoms with van der Waals surface area (Å²) < 4.78 is 7.54. The van der Waals surface area contributed by atoms with Crippen molar-refractivity contribution in [3.63, 3.8) is 0 Å². The Hall–Kier alpha value is -2.40. The van der Waals surface area contributed by atoms with Crippen LogP contribution in [0.15, 0.2) is 53.6 Å². The summed E-state index contributed by atoms with van der Waals surface area (Å²) in [6.07, 6.45) is 8.17. The molecule has 1 aromatic carbocycles. The van der Waals surface area contributed by atoms with E-state index in [1.54, 1.807) is 18.7 Å². The lowest BCUT2D eigenvalue weighted by Gasteiger charge is -2.05. The van der Waals surface area contributed by atoms with Crippen LogP contribution in [0.2, 0.25) is 0 Å². The lowest BCUT2D eigenvalue weighted by molar-refractivity contribution is 0.439. The second kappa shape index (κ2) is 6.37. The van der Waals surface area contributed by atoms with Gasteiger partial charge in [-0.2, -0.15) is 0 Å². The van der Waals surface area contributed by atoms with Crippen LogP contribution in [0, 0.1) is 0 Å². The Morgan fingerprint density at radius 3 is 2.71 bits per heavy atom. The fourth-order valence-corrected chi connectivity index (χ4v) is 2.10. The van der Waals surface area contributed by atoms with Crippen molar-refractivity contribution in [1.29, 1.82) is 0 Å². The normalized spacial score (nSPS) is 10.9. The van der Waals surface area contributed by atoms with Gasteiger partial charge < -0.3 is 14.3 Å². The second-order valence-corrected chi connectivity index (χ2v) is 4.81. The number of aryl methyl sites for hydroxylation is 1. The van der Waals surface area contributed by atoms with E-state index < -0.39 is 0 Å². The number of rotatable bonds is 6. The van der Waals surface area contributed by atoms with Crippen molar-refractivity contribution in [2.75, 3.05) is 0 Å². The lowest BCUT2D eigenvalue weighted by Crippen LogP contribution is -2.12. The average molecular weight is 282 g/mol. The third kappa shape index (κ3) is 3.38. The lowest BCUT2D eigenvalue weighted by atomic mass is 10.2. The quantitative estimate of drug-likeness (QED) is 0.755. The topological polar surface area (TPSA) is 55.9 Å². The van der Waals surface area contributed by atoms with Crippen molar-refractivity contribution in [2.45, 2.75) is 26.4 Å². The Morgan fingerprint density at radius 1 is 1.19 bits per heavy atom. The van der Waals surface area contributed by atoms with Gasteiger partial charge in [-0.3, -0.25) is 0 Å². The van der Waals surface area contributed by atoms with E-state index in [9.17, 15) is 0 Å². The summed E-state index contributed by atoms with van der Waals surface area (Å²) >= 11 is 0. The van der Waals surface area contributed by atoms with Gasteiger partial charge in [0.2, 0.25) is 5.89 Å². The number of benzene rings is 1. The Kier molecular flexibility index (Phi) is 4.12. The summed E-state index contributed by atoms with van der Waals surface area (Å²) in [5.74, 6) is 1.67. The van der Waals surface area contributed by atoms with E-state index in [-0.39, 0.29) is 0 Å². The van der Waals surface area contributed by atoms with Crippen LogP contribution < -0.4 is 5.32 Å². The fraction of sp³-hybridized carbons (Fsp3) is 0.250. The largest absolute Gasteiger partial charge is 0.444 e. The smallest absolute Gasteiger partial charge is 0.208 e. The van der Waals surface area contributed by atoms with Crippen LogP contribution in [0.3, 0.4) is 0 Å². The number of oxazole rings is 1. The van der Waals surface area contributed by atoms with Crippen molar-refractivity contribution < 1.29 is 4.42 Å². The molecule has 0 unspecified atom stereocenters. The van der Waals surface area contributed by atoms with E-state index in [4.69, 9.17) is 4.42 Å². The molecule has 3 aromatic rings. The van der Waals surface area contributed by atoms with E-state index >= 15 is 0 Å². The molecule has 5 nitrogen and oxygen atoms in total. The zero-order chi connectivity index (χ0) is 14.5. The molecular weight excluding hydrogens is 264 g/mol. The highest BCUT2D eigenvalue weighted by molar-refractivity contribution is 5.34. The monoisotopic (exact) mass is 282 g/mol. The Balaban J connectivity index is 1.53. The molecule has 5 heteroatoms. The Bertz CT molecular complexity index is 671. The van der Waals surface area contributed by atoms with Crippen molar-refractivity contribution in [1.82, 2.24) is 19.9 Å². The first-order chi connectivity index (χ1) is 10.3. The van der Waals surface area contributed by atoms with Gasteiger partial charge in [0.25, 0.3) is 0 Å². The van der Waals surface area contributed by atoms with Gasteiger partial charge in [-0.25, -0.2) is 9.97 Å². The third-order valence-corrected chi connectivity index (χ3v) is 3.29. The van der Waals surface area contributed by atoms with Crippen LogP contribution in [0.4, 0.5) is 0 Å². The number of nitrogens with one attached hydrogen (secondary N) is 1. The van der Waals surface area contributed by atoms with E-state index in [1.807, 2.05) is 10.8 Å². The van der Waals surface area contributed by atoms with Gasteiger partial charge in [0, 0.05) is 31.0 Å². The molecule has 0 saturated heterocycles. The molecule has 0 bridgehead atoms. The highest BCUT2D eigenvalue weighted by Crippen LogP contribution is 2.09. The van der Waals surface area contributed by atoms with Crippen LogP contribution in [-0.2, 0) is 19.5 Å². The standard InChI is InChI=1S/C16H18N4O/c1-2-15-10-19-16(21-15)11-18-9-13-3-5-14(6-4-13)20-8-7-17-12-20/h3-8,10,12,18H,2,9,11H2,1H3. The maximum absolute atomic E-state index is 5.55. The molecule has 0 saturated carbocycles.